The van der Waals surface area contributed by atoms with Gasteiger partial charge in [-0.2, -0.15) is 5.10 Å². The van der Waals surface area contributed by atoms with Crippen LogP contribution in [0.1, 0.15) is 10.9 Å². The van der Waals surface area contributed by atoms with E-state index in [2.05, 4.69) is 10.4 Å². The van der Waals surface area contributed by atoms with E-state index in [1.807, 2.05) is 34.5 Å². The van der Waals surface area contributed by atoms with Crippen LogP contribution in [0.15, 0.2) is 54.2 Å². The van der Waals surface area contributed by atoms with E-state index in [4.69, 9.17) is 27.9 Å². The molecule has 1 atom stereocenters. The van der Waals surface area contributed by atoms with Crippen molar-refractivity contribution in [3.63, 3.8) is 0 Å². The largest absolute Gasteiger partial charge is 0.482 e. The first-order chi connectivity index (χ1) is 12.1. The molecule has 0 bridgehead atoms. The van der Waals surface area contributed by atoms with Gasteiger partial charge < -0.3 is 10.1 Å². The molecule has 25 heavy (non-hydrogen) atoms. The SMILES string of the molecule is O=C(COc1ccc(Cl)cc1Cl)NCC(c1cccs1)n1cccn1. The van der Waals surface area contributed by atoms with E-state index in [0.29, 0.717) is 22.3 Å². The maximum atomic E-state index is 12.1. The van der Waals surface area contributed by atoms with Crippen molar-refractivity contribution >= 4 is 40.4 Å². The Morgan fingerprint density at radius 1 is 1.32 bits per heavy atom. The highest BCUT2D eigenvalue weighted by atomic mass is 35.5. The second kappa shape index (κ2) is 8.38. The summed E-state index contributed by atoms with van der Waals surface area (Å²) in [7, 11) is 0. The van der Waals surface area contributed by atoms with Crippen LogP contribution in [0.4, 0.5) is 0 Å². The van der Waals surface area contributed by atoms with Crippen molar-refractivity contribution in [1.29, 1.82) is 0 Å². The number of hydrogen-bond acceptors (Lipinski definition) is 4. The summed E-state index contributed by atoms with van der Waals surface area (Å²) >= 11 is 13.5. The summed E-state index contributed by atoms with van der Waals surface area (Å²) < 4.78 is 7.27. The maximum absolute atomic E-state index is 12.1. The number of nitrogens with one attached hydrogen (secondary N) is 1. The molecule has 1 aromatic carbocycles. The average molecular weight is 396 g/mol. The smallest absolute Gasteiger partial charge is 0.258 e. The van der Waals surface area contributed by atoms with Gasteiger partial charge in [0.15, 0.2) is 6.61 Å². The molecule has 0 saturated carbocycles. The molecule has 3 rings (SSSR count). The van der Waals surface area contributed by atoms with Gasteiger partial charge in [-0.3, -0.25) is 9.48 Å². The highest BCUT2D eigenvalue weighted by Gasteiger charge is 2.16. The number of hydrogen-bond donors (Lipinski definition) is 1. The molecule has 5 nitrogen and oxygen atoms in total. The molecular weight excluding hydrogens is 381 g/mol. The Kier molecular flexibility index (Phi) is 5.96. The fraction of sp³-hybridized carbons (Fsp3) is 0.176. The Morgan fingerprint density at radius 3 is 2.88 bits per heavy atom. The van der Waals surface area contributed by atoms with E-state index in [1.54, 1.807) is 35.7 Å². The number of ether oxygens (including phenoxy) is 1. The molecule has 2 aromatic heterocycles. The Hall–Kier alpha value is -2.02. The van der Waals surface area contributed by atoms with E-state index < -0.39 is 0 Å². The number of nitrogens with zero attached hydrogens (tertiary/aromatic N) is 2. The van der Waals surface area contributed by atoms with Gasteiger partial charge >= 0.3 is 0 Å². The van der Waals surface area contributed by atoms with Crippen molar-refractivity contribution in [2.75, 3.05) is 13.2 Å². The first-order valence-corrected chi connectivity index (χ1v) is 9.14. The molecule has 0 aliphatic carbocycles. The van der Waals surface area contributed by atoms with Gasteiger partial charge in [0, 0.05) is 28.8 Å². The quantitative estimate of drug-likeness (QED) is 0.656. The van der Waals surface area contributed by atoms with Crippen molar-refractivity contribution < 1.29 is 9.53 Å². The van der Waals surface area contributed by atoms with E-state index in [1.165, 1.54) is 0 Å². The number of halogens is 2. The third kappa shape index (κ3) is 4.75. The molecule has 1 amide bonds. The third-order valence-corrected chi connectivity index (χ3v) is 4.97. The molecule has 0 radical (unpaired) electrons. The molecule has 3 aromatic rings. The number of benzene rings is 1. The van der Waals surface area contributed by atoms with Crippen molar-refractivity contribution in [3.8, 4) is 5.75 Å². The van der Waals surface area contributed by atoms with Gasteiger partial charge in [-0.1, -0.05) is 29.3 Å². The number of carbonyl (C=O) groups excluding carboxylic acids is 1. The van der Waals surface area contributed by atoms with Crippen LogP contribution in [-0.4, -0.2) is 28.8 Å². The predicted octanol–water partition coefficient (Wildman–Crippen LogP) is 4.04. The molecule has 8 heteroatoms. The van der Waals surface area contributed by atoms with Gasteiger partial charge in [-0.15, -0.1) is 11.3 Å². The molecule has 2 heterocycles. The lowest BCUT2D eigenvalue weighted by Gasteiger charge is -2.17. The molecule has 0 aliphatic heterocycles. The van der Waals surface area contributed by atoms with Gasteiger partial charge in [0.1, 0.15) is 11.8 Å². The van der Waals surface area contributed by atoms with Crippen LogP contribution < -0.4 is 10.1 Å². The number of rotatable bonds is 7. The molecule has 0 aliphatic rings. The normalized spacial score (nSPS) is 11.9. The highest BCUT2D eigenvalue weighted by molar-refractivity contribution is 7.10. The molecule has 1 N–H and O–H groups in total. The molecule has 1 unspecified atom stereocenters. The van der Waals surface area contributed by atoms with Crippen LogP contribution in [0, 0.1) is 0 Å². The number of aromatic nitrogens is 2. The van der Waals surface area contributed by atoms with E-state index in [-0.39, 0.29) is 18.6 Å². The second-order valence-electron chi connectivity index (χ2n) is 5.18. The van der Waals surface area contributed by atoms with Crippen molar-refractivity contribution in [2.24, 2.45) is 0 Å². The Labute approximate surface area is 159 Å². The Bertz CT molecular complexity index is 788. The summed E-state index contributed by atoms with van der Waals surface area (Å²) in [5.74, 6) is 0.183. The van der Waals surface area contributed by atoms with Gasteiger partial charge in [-0.05, 0) is 35.7 Å². The first kappa shape index (κ1) is 17.8. The number of thiophene rings is 1. The van der Waals surface area contributed by atoms with Gasteiger partial charge in [0.05, 0.1) is 5.02 Å². The lowest BCUT2D eigenvalue weighted by molar-refractivity contribution is -0.123. The third-order valence-electron chi connectivity index (χ3n) is 3.46. The Morgan fingerprint density at radius 2 is 2.20 bits per heavy atom. The van der Waals surface area contributed by atoms with Gasteiger partial charge in [-0.25, -0.2) is 0 Å². The van der Waals surface area contributed by atoms with Crippen molar-refractivity contribution in [2.45, 2.75) is 6.04 Å². The Balaban J connectivity index is 1.57. The number of carbonyl (C=O) groups is 1. The standard InChI is InChI=1S/C17H15Cl2N3O2S/c18-12-4-5-15(13(19)9-12)24-11-17(23)20-10-14(16-3-1-8-25-16)22-7-2-6-21-22/h1-9,14H,10-11H2,(H,20,23). The summed E-state index contributed by atoms with van der Waals surface area (Å²) in [5.41, 5.74) is 0. The van der Waals surface area contributed by atoms with Gasteiger partial charge in [0.25, 0.3) is 5.91 Å². The van der Waals surface area contributed by atoms with E-state index in [9.17, 15) is 4.79 Å². The van der Waals surface area contributed by atoms with E-state index in [0.717, 1.165) is 4.88 Å². The van der Waals surface area contributed by atoms with Crippen LogP contribution in [0.3, 0.4) is 0 Å². The fourth-order valence-corrected chi connectivity index (χ4v) is 3.55. The zero-order valence-corrected chi connectivity index (χ0v) is 15.4. The second-order valence-corrected chi connectivity index (χ2v) is 7.01. The van der Waals surface area contributed by atoms with Crippen LogP contribution >= 0.6 is 34.5 Å². The molecule has 0 spiro atoms. The molecular formula is C17H15Cl2N3O2S. The average Bonchev–Trinajstić information content (AvgIpc) is 3.28. The molecule has 0 fully saturated rings. The minimum atomic E-state index is -0.236. The van der Waals surface area contributed by atoms with Crippen LogP contribution in [-0.2, 0) is 4.79 Å². The van der Waals surface area contributed by atoms with Gasteiger partial charge in [0.2, 0.25) is 0 Å². The monoisotopic (exact) mass is 395 g/mol. The minimum Gasteiger partial charge on any atom is -0.482 e. The highest BCUT2D eigenvalue weighted by Crippen LogP contribution is 2.27. The lowest BCUT2D eigenvalue weighted by atomic mass is 10.2. The summed E-state index contributed by atoms with van der Waals surface area (Å²) in [6.07, 6.45) is 3.59. The first-order valence-electron chi connectivity index (χ1n) is 7.50. The zero-order valence-electron chi connectivity index (χ0n) is 13.1. The van der Waals surface area contributed by atoms with Crippen LogP contribution in [0.5, 0.6) is 5.75 Å². The van der Waals surface area contributed by atoms with E-state index >= 15 is 0 Å². The van der Waals surface area contributed by atoms with Crippen molar-refractivity contribution in [1.82, 2.24) is 15.1 Å². The zero-order chi connectivity index (χ0) is 17.6. The summed E-state index contributed by atoms with van der Waals surface area (Å²) in [6.45, 7) is 0.288. The topological polar surface area (TPSA) is 56.1 Å². The molecule has 130 valence electrons. The summed E-state index contributed by atoms with van der Waals surface area (Å²) in [5, 5.41) is 10.0. The van der Waals surface area contributed by atoms with Crippen LogP contribution in [0.25, 0.3) is 0 Å². The number of amides is 1. The predicted molar refractivity (Wildman–Crippen MR) is 99.7 cm³/mol. The maximum Gasteiger partial charge on any atom is 0.258 e. The summed E-state index contributed by atoms with van der Waals surface area (Å²) in [6, 6.07) is 10.7. The molecule has 0 saturated heterocycles. The fourth-order valence-electron chi connectivity index (χ4n) is 2.27. The minimum absolute atomic E-state index is 0.0573. The summed E-state index contributed by atoms with van der Waals surface area (Å²) in [4.78, 5) is 13.2. The lowest BCUT2D eigenvalue weighted by Crippen LogP contribution is -2.34. The van der Waals surface area contributed by atoms with Crippen LogP contribution in [0.2, 0.25) is 10.0 Å². The van der Waals surface area contributed by atoms with Crippen molar-refractivity contribution in [3.05, 3.63) is 69.1 Å².